The predicted molar refractivity (Wildman–Crippen MR) is 107 cm³/mol. The van der Waals surface area contributed by atoms with Crippen molar-refractivity contribution in [2.75, 3.05) is 11.9 Å². The van der Waals surface area contributed by atoms with Crippen molar-refractivity contribution in [1.82, 2.24) is 0 Å². The van der Waals surface area contributed by atoms with E-state index in [1.54, 1.807) is 38.1 Å². The van der Waals surface area contributed by atoms with Crippen LogP contribution in [0.15, 0.2) is 24.3 Å². The summed E-state index contributed by atoms with van der Waals surface area (Å²) < 4.78 is 10.9. The molecule has 0 saturated heterocycles. The van der Waals surface area contributed by atoms with Crippen LogP contribution in [0.1, 0.15) is 47.5 Å². The second kappa shape index (κ2) is 8.76. The molecule has 1 atom stereocenters. The monoisotopic (exact) mass is 407 g/mol. The lowest BCUT2D eigenvalue weighted by atomic mass is 9.95. The number of fused-ring (bicyclic) bond motifs is 1. The van der Waals surface area contributed by atoms with Gasteiger partial charge in [-0.05, 0) is 69.4 Å². The molecular weight excluding hydrogens is 386 g/mol. The van der Waals surface area contributed by atoms with Gasteiger partial charge in [0.2, 0.25) is 0 Å². The zero-order valence-corrected chi connectivity index (χ0v) is 16.9. The lowest BCUT2D eigenvalue weighted by molar-refractivity contribution is -0.122. The Morgan fingerprint density at radius 2 is 1.93 bits per heavy atom. The zero-order valence-electron chi connectivity index (χ0n) is 15.3. The summed E-state index contributed by atoms with van der Waals surface area (Å²) in [5.74, 6) is -0.134. The van der Waals surface area contributed by atoms with Crippen LogP contribution in [-0.4, -0.2) is 24.6 Å². The molecule has 3 rings (SSSR count). The quantitative estimate of drug-likeness (QED) is 0.694. The lowest BCUT2D eigenvalue weighted by Crippen LogP contribution is -2.30. The van der Waals surface area contributed by atoms with Crippen molar-refractivity contribution in [3.05, 3.63) is 45.3 Å². The number of amides is 1. The summed E-state index contributed by atoms with van der Waals surface area (Å²) in [4.78, 5) is 26.2. The molecule has 7 heteroatoms. The van der Waals surface area contributed by atoms with Crippen LogP contribution in [0, 0.1) is 0 Å². The summed E-state index contributed by atoms with van der Waals surface area (Å²) in [6.45, 7) is 3.74. The molecule has 0 bridgehead atoms. The van der Waals surface area contributed by atoms with Gasteiger partial charge in [-0.2, -0.15) is 0 Å². The van der Waals surface area contributed by atoms with Gasteiger partial charge >= 0.3 is 5.97 Å². The Morgan fingerprint density at radius 3 is 2.63 bits per heavy atom. The number of hydrogen-bond acceptors (Lipinski definition) is 5. The van der Waals surface area contributed by atoms with Crippen LogP contribution in [0.2, 0.25) is 5.02 Å². The third-order valence-corrected chi connectivity index (χ3v) is 5.84. The maximum absolute atomic E-state index is 12.6. The van der Waals surface area contributed by atoms with Gasteiger partial charge in [0.05, 0.1) is 12.2 Å². The molecule has 27 heavy (non-hydrogen) atoms. The number of carbonyl (C=O) groups excluding carboxylic acids is 2. The molecule has 1 aromatic carbocycles. The third kappa shape index (κ3) is 4.62. The van der Waals surface area contributed by atoms with Crippen LogP contribution in [0.3, 0.4) is 0 Å². The van der Waals surface area contributed by atoms with E-state index in [1.807, 2.05) is 0 Å². The maximum atomic E-state index is 12.6. The van der Waals surface area contributed by atoms with Gasteiger partial charge in [-0.25, -0.2) is 4.79 Å². The Kier molecular flexibility index (Phi) is 6.39. The highest BCUT2D eigenvalue weighted by molar-refractivity contribution is 7.17. The second-order valence-electron chi connectivity index (χ2n) is 6.34. The van der Waals surface area contributed by atoms with Gasteiger partial charge in [-0.3, -0.25) is 4.79 Å². The molecule has 1 aliphatic carbocycles. The van der Waals surface area contributed by atoms with Gasteiger partial charge < -0.3 is 14.8 Å². The summed E-state index contributed by atoms with van der Waals surface area (Å²) >= 11 is 7.33. The summed E-state index contributed by atoms with van der Waals surface area (Å²) in [6.07, 6.45) is 3.19. The summed E-state index contributed by atoms with van der Waals surface area (Å²) in [7, 11) is 0. The fourth-order valence-electron chi connectivity index (χ4n) is 3.06. The van der Waals surface area contributed by atoms with Crippen LogP contribution >= 0.6 is 22.9 Å². The topological polar surface area (TPSA) is 64.6 Å². The van der Waals surface area contributed by atoms with Gasteiger partial charge in [-0.15, -0.1) is 11.3 Å². The smallest absolute Gasteiger partial charge is 0.341 e. The Balaban J connectivity index is 1.77. The largest absolute Gasteiger partial charge is 0.481 e. The van der Waals surface area contributed by atoms with Crippen molar-refractivity contribution in [2.45, 2.75) is 45.6 Å². The molecule has 0 saturated carbocycles. The highest BCUT2D eigenvalue weighted by Crippen LogP contribution is 2.38. The zero-order chi connectivity index (χ0) is 19.4. The number of anilines is 1. The van der Waals surface area contributed by atoms with E-state index >= 15 is 0 Å². The molecule has 0 fully saturated rings. The van der Waals surface area contributed by atoms with Crippen LogP contribution in [0.4, 0.5) is 5.00 Å². The van der Waals surface area contributed by atoms with E-state index in [2.05, 4.69) is 5.32 Å². The molecule has 2 aromatic rings. The van der Waals surface area contributed by atoms with Crippen molar-refractivity contribution in [2.24, 2.45) is 0 Å². The molecular formula is C20H22ClNO4S. The summed E-state index contributed by atoms with van der Waals surface area (Å²) in [6, 6.07) is 6.82. The molecule has 5 nitrogen and oxygen atoms in total. The highest BCUT2D eigenvalue weighted by atomic mass is 35.5. The van der Waals surface area contributed by atoms with Crippen molar-refractivity contribution in [3.8, 4) is 5.75 Å². The minimum atomic E-state index is -0.722. The average molecular weight is 408 g/mol. The van der Waals surface area contributed by atoms with E-state index in [-0.39, 0.29) is 11.9 Å². The Hall–Kier alpha value is -2.05. The number of esters is 1. The van der Waals surface area contributed by atoms with Crippen molar-refractivity contribution >= 4 is 39.8 Å². The first-order chi connectivity index (χ1) is 13.0. The second-order valence-corrected chi connectivity index (χ2v) is 7.88. The molecule has 1 aromatic heterocycles. The third-order valence-electron chi connectivity index (χ3n) is 4.38. The van der Waals surface area contributed by atoms with Crippen LogP contribution in [-0.2, 0) is 22.4 Å². The van der Waals surface area contributed by atoms with E-state index in [9.17, 15) is 9.59 Å². The SMILES string of the molecule is CCOC(=O)c1c(NC(=O)[C@@H](C)Oc2ccc(Cl)cc2)sc2c1CCCC2. The molecule has 0 radical (unpaired) electrons. The minimum absolute atomic E-state index is 0.299. The molecule has 144 valence electrons. The van der Waals surface area contributed by atoms with E-state index < -0.39 is 6.10 Å². The number of halogens is 1. The first kappa shape index (κ1) is 19.7. The maximum Gasteiger partial charge on any atom is 0.341 e. The molecule has 1 amide bonds. The fourth-order valence-corrected chi connectivity index (χ4v) is 4.46. The van der Waals surface area contributed by atoms with E-state index in [4.69, 9.17) is 21.1 Å². The van der Waals surface area contributed by atoms with Crippen LogP contribution in [0.5, 0.6) is 5.75 Å². The lowest BCUT2D eigenvalue weighted by Gasteiger charge is -2.15. The minimum Gasteiger partial charge on any atom is -0.481 e. The van der Waals surface area contributed by atoms with Gasteiger partial charge in [0.25, 0.3) is 5.91 Å². The Labute approximate surface area is 167 Å². The van der Waals surface area contributed by atoms with Gasteiger partial charge in [0.15, 0.2) is 6.10 Å². The molecule has 1 aliphatic rings. The molecule has 1 heterocycles. The average Bonchev–Trinajstić information content (AvgIpc) is 3.01. The van der Waals surface area contributed by atoms with Gasteiger partial charge in [-0.1, -0.05) is 11.6 Å². The predicted octanol–water partition coefficient (Wildman–Crippen LogP) is 4.86. The standard InChI is InChI=1S/C20H22ClNO4S/c1-3-25-20(24)17-15-6-4-5-7-16(15)27-19(17)22-18(23)12(2)26-14-10-8-13(21)9-11-14/h8-12H,3-7H2,1-2H3,(H,22,23)/t12-/m1/s1. The first-order valence-corrected chi connectivity index (χ1v) is 10.2. The number of aryl methyl sites for hydroxylation is 1. The van der Waals surface area contributed by atoms with E-state index in [1.165, 1.54) is 11.3 Å². The van der Waals surface area contributed by atoms with Crippen molar-refractivity contribution < 1.29 is 19.1 Å². The van der Waals surface area contributed by atoms with Gasteiger partial charge in [0, 0.05) is 9.90 Å². The number of thiophene rings is 1. The highest BCUT2D eigenvalue weighted by Gasteiger charge is 2.28. The van der Waals surface area contributed by atoms with Crippen LogP contribution in [0.25, 0.3) is 0 Å². The van der Waals surface area contributed by atoms with E-state index in [0.717, 1.165) is 36.1 Å². The molecule has 0 spiro atoms. The van der Waals surface area contributed by atoms with Crippen LogP contribution < -0.4 is 10.1 Å². The molecule has 1 N–H and O–H groups in total. The Bertz CT molecular complexity index is 831. The molecule has 0 aliphatic heterocycles. The number of hydrogen-bond donors (Lipinski definition) is 1. The number of ether oxygens (including phenoxy) is 2. The van der Waals surface area contributed by atoms with Crippen molar-refractivity contribution in [1.29, 1.82) is 0 Å². The number of benzene rings is 1. The first-order valence-electron chi connectivity index (χ1n) is 9.04. The van der Waals surface area contributed by atoms with Crippen molar-refractivity contribution in [3.63, 3.8) is 0 Å². The Morgan fingerprint density at radius 1 is 1.22 bits per heavy atom. The van der Waals surface area contributed by atoms with Gasteiger partial charge in [0.1, 0.15) is 10.8 Å². The number of rotatable bonds is 6. The fraction of sp³-hybridized carbons (Fsp3) is 0.400. The number of carbonyl (C=O) groups is 2. The summed E-state index contributed by atoms with van der Waals surface area (Å²) in [5.41, 5.74) is 1.52. The summed E-state index contributed by atoms with van der Waals surface area (Å²) in [5, 5.41) is 4.02. The van der Waals surface area contributed by atoms with E-state index in [0.29, 0.717) is 27.9 Å². The molecule has 0 unspecified atom stereocenters. The normalized spacial score (nSPS) is 14.2. The number of nitrogens with one attached hydrogen (secondary N) is 1.